The number of hydrogen-bond acceptors (Lipinski definition) is 4. The fraction of sp³-hybridized carbons (Fsp3) is 0.385. The summed E-state index contributed by atoms with van der Waals surface area (Å²) in [7, 11) is 1.62. The third kappa shape index (κ3) is 2.18. The normalized spacial score (nSPS) is 11.6. The molecule has 0 aliphatic heterocycles. The van der Waals surface area contributed by atoms with Gasteiger partial charge in [-0.05, 0) is 32.2 Å². The topological polar surface area (TPSA) is 44.1 Å². The van der Waals surface area contributed by atoms with Gasteiger partial charge in [0.1, 0.15) is 11.4 Å². The van der Waals surface area contributed by atoms with Gasteiger partial charge in [-0.25, -0.2) is 0 Å². The van der Waals surface area contributed by atoms with E-state index in [1.54, 1.807) is 13.3 Å². The van der Waals surface area contributed by atoms with E-state index in [9.17, 15) is 4.79 Å². The molecule has 0 unspecified atom stereocenters. The van der Waals surface area contributed by atoms with Crippen LogP contribution in [-0.2, 0) is 5.54 Å². The Balaban J connectivity index is 2.57. The van der Waals surface area contributed by atoms with Gasteiger partial charge in [-0.2, -0.15) is 5.10 Å². The average molecular weight is 264 g/mol. The molecule has 0 amide bonds. The number of rotatable bonds is 3. The molecule has 18 heavy (non-hydrogen) atoms. The second kappa shape index (κ2) is 4.57. The fourth-order valence-corrected chi connectivity index (χ4v) is 2.49. The van der Waals surface area contributed by atoms with Gasteiger partial charge < -0.3 is 4.74 Å². The zero-order valence-corrected chi connectivity index (χ0v) is 11.7. The molecule has 4 nitrogen and oxygen atoms in total. The summed E-state index contributed by atoms with van der Waals surface area (Å²) in [4.78, 5) is 12.1. The first-order valence-electron chi connectivity index (χ1n) is 5.64. The van der Waals surface area contributed by atoms with Crippen LogP contribution in [-0.4, -0.2) is 23.2 Å². The SMILES string of the molecule is COc1ccsc1-c1nn(C(C)(C)C)cc1C=O. The van der Waals surface area contributed by atoms with Gasteiger partial charge in [0.25, 0.3) is 0 Å². The minimum Gasteiger partial charge on any atom is -0.495 e. The Kier molecular flexibility index (Phi) is 3.26. The predicted octanol–water partition coefficient (Wildman–Crippen LogP) is 3.19. The van der Waals surface area contributed by atoms with Crippen LogP contribution in [0.2, 0.25) is 0 Å². The van der Waals surface area contributed by atoms with Gasteiger partial charge in [-0.3, -0.25) is 9.48 Å². The van der Waals surface area contributed by atoms with Gasteiger partial charge >= 0.3 is 0 Å². The maximum Gasteiger partial charge on any atom is 0.153 e. The third-order valence-electron chi connectivity index (χ3n) is 2.62. The van der Waals surface area contributed by atoms with Crippen LogP contribution in [0.25, 0.3) is 10.6 Å². The van der Waals surface area contributed by atoms with Crippen LogP contribution in [0.3, 0.4) is 0 Å². The fourth-order valence-electron chi connectivity index (χ4n) is 1.62. The number of nitrogens with zero attached hydrogens (tertiary/aromatic N) is 2. The van der Waals surface area contributed by atoms with Gasteiger partial charge in [0.2, 0.25) is 0 Å². The molecule has 2 rings (SSSR count). The smallest absolute Gasteiger partial charge is 0.153 e. The highest BCUT2D eigenvalue weighted by molar-refractivity contribution is 7.14. The highest BCUT2D eigenvalue weighted by Crippen LogP contribution is 2.36. The Hall–Kier alpha value is -1.62. The molecule has 0 aliphatic rings. The number of aldehydes is 1. The molecular weight excluding hydrogens is 248 g/mol. The number of hydrogen-bond donors (Lipinski definition) is 0. The maximum absolute atomic E-state index is 11.2. The number of carbonyl (C=O) groups is 1. The minimum absolute atomic E-state index is 0.152. The van der Waals surface area contributed by atoms with Crippen molar-refractivity contribution in [2.75, 3.05) is 7.11 Å². The van der Waals surface area contributed by atoms with E-state index in [1.807, 2.05) is 36.9 Å². The molecule has 0 radical (unpaired) electrons. The molecule has 0 spiro atoms. The van der Waals surface area contributed by atoms with E-state index in [1.165, 1.54) is 11.3 Å². The van der Waals surface area contributed by atoms with E-state index in [0.717, 1.165) is 16.9 Å². The summed E-state index contributed by atoms with van der Waals surface area (Å²) >= 11 is 1.52. The molecule has 0 fully saturated rings. The quantitative estimate of drug-likeness (QED) is 0.800. The highest BCUT2D eigenvalue weighted by atomic mass is 32.1. The Morgan fingerprint density at radius 2 is 2.17 bits per heavy atom. The summed E-state index contributed by atoms with van der Waals surface area (Å²) < 4.78 is 7.09. The molecular formula is C13H16N2O2S. The van der Waals surface area contributed by atoms with Crippen molar-refractivity contribution in [3.63, 3.8) is 0 Å². The molecule has 0 saturated carbocycles. The lowest BCUT2D eigenvalue weighted by molar-refractivity contribution is 0.112. The third-order valence-corrected chi connectivity index (χ3v) is 3.52. The number of ether oxygens (including phenoxy) is 1. The molecule has 0 N–H and O–H groups in total. The van der Waals surface area contributed by atoms with Gasteiger partial charge in [-0.15, -0.1) is 11.3 Å². The number of methoxy groups -OCH3 is 1. The molecule has 2 aromatic rings. The van der Waals surface area contributed by atoms with E-state index in [0.29, 0.717) is 11.3 Å². The minimum atomic E-state index is -0.152. The largest absolute Gasteiger partial charge is 0.495 e. The zero-order valence-electron chi connectivity index (χ0n) is 10.9. The van der Waals surface area contributed by atoms with Gasteiger partial charge in [0.05, 0.1) is 23.1 Å². The molecule has 0 saturated heterocycles. The zero-order chi connectivity index (χ0) is 13.3. The Morgan fingerprint density at radius 3 is 2.72 bits per heavy atom. The molecule has 0 aromatic carbocycles. The maximum atomic E-state index is 11.2. The Labute approximate surface area is 110 Å². The number of carbonyl (C=O) groups excluding carboxylic acids is 1. The Morgan fingerprint density at radius 1 is 1.44 bits per heavy atom. The first kappa shape index (κ1) is 12.8. The molecule has 0 aliphatic carbocycles. The summed E-state index contributed by atoms with van der Waals surface area (Å²) in [6, 6.07) is 1.88. The van der Waals surface area contributed by atoms with Crippen LogP contribution in [0, 0.1) is 0 Å². The van der Waals surface area contributed by atoms with E-state index in [4.69, 9.17) is 4.74 Å². The van der Waals surface area contributed by atoms with E-state index in [2.05, 4.69) is 5.10 Å². The van der Waals surface area contributed by atoms with Crippen molar-refractivity contribution in [1.82, 2.24) is 9.78 Å². The second-order valence-electron chi connectivity index (χ2n) is 4.98. The Bertz CT molecular complexity index is 564. The molecule has 2 heterocycles. The van der Waals surface area contributed by atoms with Crippen LogP contribution in [0.1, 0.15) is 31.1 Å². The molecule has 0 atom stereocenters. The predicted molar refractivity (Wildman–Crippen MR) is 72.5 cm³/mol. The average Bonchev–Trinajstić information content (AvgIpc) is 2.93. The van der Waals surface area contributed by atoms with Crippen molar-refractivity contribution in [2.45, 2.75) is 26.3 Å². The van der Waals surface area contributed by atoms with Crippen molar-refractivity contribution < 1.29 is 9.53 Å². The van der Waals surface area contributed by atoms with E-state index in [-0.39, 0.29) is 5.54 Å². The lowest BCUT2D eigenvalue weighted by Gasteiger charge is -2.18. The number of aromatic nitrogens is 2. The van der Waals surface area contributed by atoms with Crippen LogP contribution in [0.5, 0.6) is 5.75 Å². The van der Waals surface area contributed by atoms with Gasteiger partial charge in [0, 0.05) is 6.20 Å². The highest BCUT2D eigenvalue weighted by Gasteiger charge is 2.21. The lowest BCUT2D eigenvalue weighted by atomic mass is 10.1. The molecule has 2 aromatic heterocycles. The van der Waals surface area contributed by atoms with Crippen molar-refractivity contribution in [3.05, 3.63) is 23.2 Å². The standard InChI is InChI=1S/C13H16N2O2S/c1-13(2,3)15-7-9(8-16)11(14-15)12-10(17-4)5-6-18-12/h5-8H,1-4H3. The van der Waals surface area contributed by atoms with Crippen LogP contribution in [0.15, 0.2) is 17.6 Å². The van der Waals surface area contributed by atoms with Crippen molar-refractivity contribution >= 4 is 17.6 Å². The van der Waals surface area contributed by atoms with Crippen LogP contribution < -0.4 is 4.74 Å². The van der Waals surface area contributed by atoms with Crippen LogP contribution in [0.4, 0.5) is 0 Å². The summed E-state index contributed by atoms with van der Waals surface area (Å²) in [5, 5.41) is 6.45. The van der Waals surface area contributed by atoms with Gasteiger partial charge in [0.15, 0.2) is 6.29 Å². The van der Waals surface area contributed by atoms with E-state index >= 15 is 0 Å². The van der Waals surface area contributed by atoms with Gasteiger partial charge in [-0.1, -0.05) is 0 Å². The first-order chi connectivity index (χ1) is 8.47. The summed E-state index contributed by atoms with van der Waals surface area (Å²) in [5.74, 6) is 0.752. The molecule has 96 valence electrons. The summed E-state index contributed by atoms with van der Waals surface area (Å²) in [6.07, 6.45) is 2.62. The van der Waals surface area contributed by atoms with Crippen molar-refractivity contribution in [1.29, 1.82) is 0 Å². The molecule has 0 bridgehead atoms. The molecule has 5 heteroatoms. The lowest BCUT2D eigenvalue weighted by Crippen LogP contribution is -2.22. The summed E-state index contributed by atoms with van der Waals surface area (Å²) in [6.45, 7) is 6.14. The van der Waals surface area contributed by atoms with Crippen LogP contribution >= 0.6 is 11.3 Å². The van der Waals surface area contributed by atoms with Crippen molar-refractivity contribution in [2.24, 2.45) is 0 Å². The monoisotopic (exact) mass is 264 g/mol. The van der Waals surface area contributed by atoms with E-state index < -0.39 is 0 Å². The van der Waals surface area contributed by atoms with Crippen molar-refractivity contribution in [3.8, 4) is 16.3 Å². The summed E-state index contributed by atoms with van der Waals surface area (Å²) in [5.41, 5.74) is 1.12. The second-order valence-corrected chi connectivity index (χ2v) is 5.90. The first-order valence-corrected chi connectivity index (χ1v) is 6.52. The number of thiophene rings is 1.